The van der Waals surface area contributed by atoms with Crippen LogP contribution in [0, 0.1) is 17.6 Å². The summed E-state index contributed by atoms with van der Waals surface area (Å²) < 4.78 is 26.7. The Labute approximate surface area is 108 Å². The summed E-state index contributed by atoms with van der Waals surface area (Å²) in [7, 11) is 0. The first-order chi connectivity index (χ1) is 8.67. The van der Waals surface area contributed by atoms with Gasteiger partial charge in [-0.2, -0.15) is 0 Å². The maximum Gasteiger partial charge on any atom is 0.129 e. The van der Waals surface area contributed by atoms with Gasteiger partial charge >= 0.3 is 0 Å². The number of hydrogen-bond acceptors (Lipinski definition) is 1. The van der Waals surface area contributed by atoms with Crippen LogP contribution >= 0.6 is 0 Å². The van der Waals surface area contributed by atoms with Gasteiger partial charge in [0.25, 0.3) is 0 Å². The second-order valence-electron chi connectivity index (χ2n) is 5.14. The number of benzene rings is 1. The minimum Gasteiger partial charge on any atom is -0.314 e. The molecule has 1 aromatic carbocycles. The molecule has 3 heteroatoms. The average Bonchev–Trinajstić information content (AvgIpc) is 2.31. The Bertz CT molecular complexity index is 405. The van der Waals surface area contributed by atoms with Crippen molar-refractivity contribution in [3.05, 3.63) is 35.4 Å². The van der Waals surface area contributed by atoms with Crippen molar-refractivity contribution < 1.29 is 8.78 Å². The highest BCUT2D eigenvalue weighted by Crippen LogP contribution is 2.45. The molecule has 1 aliphatic carbocycles. The molecule has 3 unspecified atom stereocenters. The summed E-state index contributed by atoms with van der Waals surface area (Å²) in [6.07, 6.45) is 3.10. The van der Waals surface area contributed by atoms with Gasteiger partial charge in [-0.3, -0.25) is 0 Å². The van der Waals surface area contributed by atoms with Crippen molar-refractivity contribution in [2.45, 2.75) is 45.1 Å². The SMILES string of the molecule is CCCNC1CC(c2ccc(F)cc2F)C1CC. The quantitative estimate of drug-likeness (QED) is 0.840. The first kappa shape index (κ1) is 13.5. The van der Waals surface area contributed by atoms with Gasteiger partial charge in [0, 0.05) is 12.1 Å². The van der Waals surface area contributed by atoms with Gasteiger partial charge in [-0.05, 0) is 42.9 Å². The molecule has 18 heavy (non-hydrogen) atoms. The average molecular weight is 253 g/mol. The smallest absolute Gasteiger partial charge is 0.129 e. The van der Waals surface area contributed by atoms with Gasteiger partial charge in [0.1, 0.15) is 11.6 Å². The normalized spacial score (nSPS) is 27.0. The van der Waals surface area contributed by atoms with Crippen LogP contribution in [0.4, 0.5) is 8.78 Å². The third-order valence-electron chi connectivity index (χ3n) is 4.03. The Kier molecular flexibility index (Phi) is 4.33. The summed E-state index contributed by atoms with van der Waals surface area (Å²) in [5.41, 5.74) is 0.679. The van der Waals surface area contributed by atoms with E-state index < -0.39 is 11.6 Å². The van der Waals surface area contributed by atoms with Gasteiger partial charge in [-0.1, -0.05) is 26.3 Å². The predicted molar refractivity (Wildman–Crippen MR) is 69.6 cm³/mol. The van der Waals surface area contributed by atoms with E-state index in [1.54, 1.807) is 6.07 Å². The van der Waals surface area contributed by atoms with E-state index in [0.717, 1.165) is 31.9 Å². The van der Waals surface area contributed by atoms with Gasteiger partial charge in [0.05, 0.1) is 0 Å². The van der Waals surface area contributed by atoms with Gasteiger partial charge < -0.3 is 5.32 Å². The van der Waals surface area contributed by atoms with E-state index in [-0.39, 0.29) is 5.92 Å². The zero-order chi connectivity index (χ0) is 13.1. The molecule has 1 aliphatic rings. The van der Waals surface area contributed by atoms with Crippen molar-refractivity contribution in [3.63, 3.8) is 0 Å². The van der Waals surface area contributed by atoms with Crippen molar-refractivity contribution in [3.8, 4) is 0 Å². The first-order valence-electron chi connectivity index (χ1n) is 6.85. The zero-order valence-corrected chi connectivity index (χ0v) is 11.0. The monoisotopic (exact) mass is 253 g/mol. The number of nitrogens with one attached hydrogen (secondary N) is 1. The van der Waals surface area contributed by atoms with Crippen LogP contribution in [-0.2, 0) is 0 Å². The lowest BCUT2D eigenvalue weighted by Crippen LogP contribution is -2.49. The van der Waals surface area contributed by atoms with Crippen molar-refractivity contribution in [2.75, 3.05) is 6.54 Å². The van der Waals surface area contributed by atoms with Gasteiger partial charge in [0.15, 0.2) is 0 Å². The van der Waals surface area contributed by atoms with Crippen LogP contribution in [0.5, 0.6) is 0 Å². The predicted octanol–water partition coefficient (Wildman–Crippen LogP) is 3.85. The summed E-state index contributed by atoms with van der Waals surface area (Å²) in [5, 5.41) is 3.50. The molecule has 1 N–H and O–H groups in total. The third kappa shape index (κ3) is 2.56. The molecular weight excluding hydrogens is 232 g/mol. The molecule has 1 saturated carbocycles. The minimum atomic E-state index is -0.496. The maximum absolute atomic E-state index is 13.8. The van der Waals surface area contributed by atoms with Gasteiger partial charge in [-0.15, -0.1) is 0 Å². The van der Waals surface area contributed by atoms with Crippen LogP contribution in [0.1, 0.15) is 44.6 Å². The number of hydrogen-bond donors (Lipinski definition) is 1. The van der Waals surface area contributed by atoms with Crippen LogP contribution in [0.2, 0.25) is 0 Å². The Morgan fingerprint density at radius 3 is 2.67 bits per heavy atom. The van der Waals surface area contributed by atoms with Crippen molar-refractivity contribution in [1.82, 2.24) is 5.32 Å². The lowest BCUT2D eigenvalue weighted by atomic mass is 9.65. The van der Waals surface area contributed by atoms with Gasteiger partial charge in [-0.25, -0.2) is 8.78 Å². The van der Waals surface area contributed by atoms with E-state index in [2.05, 4.69) is 19.2 Å². The van der Waals surface area contributed by atoms with E-state index in [1.807, 2.05) is 0 Å². The topological polar surface area (TPSA) is 12.0 Å². The molecule has 0 heterocycles. The third-order valence-corrected chi connectivity index (χ3v) is 4.03. The highest BCUT2D eigenvalue weighted by molar-refractivity contribution is 5.27. The molecule has 2 rings (SSSR count). The molecule has 0 bridgehead atoms. The van der Waals surface area contributed by atoms with Crippen LogP contribution in [0.15, 0.2) is 18.2 Å². The molecule has 0 aliphatic heterocycles. The number of halogens is 2. The lowest BCUT2D eigenvalue weighted by molar-refractivity contribution is 0.157. The molecule has 1 nitrogen and oxygen atoms in total. The summed E-state index contributed by atoms with van der Waals surface area (Å²) in [6.45, 7) is 5.29. The van der Waals surface area contributed by atoms with E-state index in [1.165, 1.54) is 6.07 Å². The molecule has 0 amide bonds. The fourth-order valence-corrected chi connectivity index (χ4v) is 3.00. The summed E-state index contributed by atoms with van der Waals surface area (Å²) in [6, 6.07) is 4.45. The van der Waals surface area contributed by atoms with Crippen molar-refractivity contribution in [2.24, 2.45) is 5.92 Å². The second-order valence-corrected chi connectivity index (χ2v) is 5.14. The van der Waals surface area contributed by atoms with E-state index in [0.29, 0.717) is 17.5 Å². The molecule has 1 fully saturated rings. The second kappa shape index (κ2) is 5.79. The van der Waals surface area contributed by atoms with E-state index >= 15 is 0 Å². The Morgan fingerprint density at radius 1 is 1.28 bits per heavy atom. The van der Waals surface area contributed by atoms with Gasteiger partial charge in [0.2, 0.25) is 0 Å². The standard InChI is InChI=1S/C15H21F2N/c1-3-7-18-15-9-13(11(15)4-2)12-6-5-10(16)8-14(12)17/h5-6,8,11,13,15,18H,3-4,7,9H2,1-2H3. The van der Waals surface area contributed by atoms with Crippen molar-refractivity contribution in [1.29, 1.82) is 0 Å². The molecule has 0 radical (unpaired) electrons. The molecule has 0 aromatic heterocycles. The Hall–Kier alpha value is -0.960. The molecular formula is C15H21F2N. The van der Waals surface area contributed by atoms with Crippen LogP contribution in [0.25, 0.3) is 0 Å². The largest absolute Gasteiger partial charge is 0.314 e. The molecule has 3 atom stereocenters. The maximum atomic E-state index is 13.8. The van der Waals surface area contributed by atoms with Crippen LogP contribution < -0.4 is 5.32 Å². The minimum absolute atomic E-state index is 0.241. The Morgan fingerprint density at radius 2 is 2.06 bits per heavy atom. The highest BCUT2D eigenvalue weighted by atomic mass is 19.1. The lowest BCUT2D eigenvalue weighted by Gasteiger charge is -2.45. The molecule has 1 aromatic rings. The summed E-state index contributed by atoms with van der Waals surface area (Å²) in [4.78, 5) is 0. The number of rotatable bonds is 5. The summed E-state index contributed by atoms with van der Waals surface area (Å²) >= 11 is 0. The van der Waals surface area contributed by atoms with E-state index in [9.17, 15) is 8.78 Å². The first-order valence-corrected chi connectivity index (χ1v) is 6.85. The highest BCUT2D eigenvalue weighted by Gasteiger charge is 2.41. The molecule has 100 valence electrons. The van der Waals surface area contributed by atoms with Crippen molar-refractivity contribution >= 4 is 0 Å². The zero-order valence-electron chi connectivity index (χ0n) is 11.0. The Balaban J connectivity index is 2.06. The van der Waals surface area contributed by atoms with Crippen LogP contribution in [-0.4, -0.2) is 12.6 Å². The molecule has 0 spiro atoms. The fraction of sp³-hybridized carbons (Fsp3) is 0.600. The fourth-order valence-electron chi connectivity index (χ4n) is 3.00. The van der Waals surface area contributed by atoms with E-state index in [4.69, 9.17) is 0 Å². The van der Waals surface area contributed by atoms with Crippen LogP contribution in [0.3, 0.4) is 0 Å². The molecule has 0 saturated heterocycles. The summed E-state index contributed by atoms with van der Waals surface area (Å²) in [5.74, 6) is -0.182.